The first-order valence-corrected chi connectivity index (χ1v) is 9.94. The highest BCUT2D eigenvalue weighted by atomic mass is 32.1. The minimum atomic E-state index is -0.00635. The largest absolute Gasteiger partial charge is 0.343 e. The number of rotatable bonds is 6. The SMILES string of the molecule is O=C(CCCCCn1c(=S)[nH]c2ccsc2c1=O)N1CCCCC1. The van der Waals surface area contributed by atoms with Crippen LogP contribution in [0.4, 0.5) is 0 Å². The van der Waals surface area contributed by atoms with Gasteiger partial charge in [-0.15, -0.1) is 11.3 Å². The van der Waals surface area contributed by atoms with Gasteiger partial charge in [0.15, 0.2) is 4.77 Å². The summed E-state index contributed by atoms with van der Waals surface area (Å²) in [5.41, 5.74) is 0.812. The number of fused-ring (bicyclic) bond motifs is 1. The summed E-state index contributed by atoms with van der Waals surface area (Å²) in [7, 11) is 0. The fraction of sp³-hybridized carbons (Fsp3) is 0.588. The number of hydrogen-bond donors (Lipinski definition) is 1. The minimum Gasteiger partial charge on any atom is -0.343 e. The molecule has 1 aliphatic heterocycles. The Morgan fingerprint density at radius 3 is 2.79 bits per heavy atom. The lowest BCUT2D eigenvalue weighted by atomic mass is 10.1. The molecule has 0 aromatic carbocycles. The van der Waals surface area contributed by atoms with Crippen LogP contribution in [-0.4, -0.2) is 33.4 Å². The molecule has 0 atom stereocenters. The topological polar surface area (TPSA) is 58.1 Å². The molecule has 1 fully saturated rings. The van der Waals surface area contributed by atoms with Gasteiger partial charge in [0.25, 0.3) is 5.56 Å². The summed E-state index contributed by atoms with van der Waals surface area (Å²) in [6.07, 6.45) is 6.81. The average Bonchev–Trinajstić information content (AvgIpc) is 3.06. The van der Waals surface area contributed by atoms with Gasteiger partial charge in [-0.05, 0) is 55.8 Å². The van der Waals surface area contributed by atoms with Crippen molar-refractivity contribution in [2.75, 3.05) is 13.1 Å². The van der Waals surface area contributed by atoms with E-state index in [2.05, 4.69) is 4.98 Å². The predicted molar refractivity (Wildman–Crippen MR) is 100 cm³/mol. The number of aromatic nitrogens is 2. The van der Waals surface area contributed by atoms with Gasteiger partial charge in [0.1, 0.15) is 4.70 Å². The lowest BCUT2D eigenvalue weighted by Crippen LogP contribution is -2.35. The first-order chi connectivity index (χ1) is 11.7. The molecule has 130 valence electrons. The Bertz CT molecular complexity index is 815. The van der Waals surface area contributed by atoms with E-state index in [9.17, 15) is 9.59 Å². The van der Waals surface area contributed by atoms with E-state index in [4.69, 9.17) is 12.2 Å². The molecular weight excluding hydrogens is 342 g/mol. The third kappa shape index (κ3) is 3.95. The lowest BCUT2D eigenvalue weighted by molar-refractivity contribution is -0.132. The average molecular weight is 366 g/mol. The molecule has 24 heavy (non-hydrogen) atoms. The number of carbonyl (C=O) groups excluding carboxylic acids is 1. The lowest BCUT2D eigenvalue weighted by Gasteiger charge is -2.26. The van der Waals surface area contributed by atoms with Gasteiger partial charge < -0.3 is 9.88 Å². The van der Waals surface area contributed by atoms with Crippen molar-refractivity contribution in [3.8, 4) is 0 Å². The number of nitrogens with zero attached hydrogens (tertiary/aromatic N) is 2. The van der Waals surface area contributed by atoms with Crippen LogP contribution < -0.4 is 5.56 Å². The quantitative estimate of drug-likeness (QED) is 0.627. The fourth-order valence-corrected chi connectivity index (χ4v) is 4.28. The van der Waals surface area contributed by atoms with E-state index in [1.165, 1.54) is 17.8 Å². The summed E-state index contributed by atoms with van der Waals surface area (Å²) >= 11 is 6.73. The highest BCUT2D eigenvalue weighted by molar-refractivity contribution is 7.71. The van der Waals surface area contributed by atoms with Crippen molar-refractivity contribution in [3.63, 3.8) is 0 Å². The zero-order chi connectivity index (χ0) is 16.9. The number of unbranched alkanes of at least 4 members (excludes halogenated alkanes) is 2. The van der Waals surface area contributed by atoms with Crippen LogP contribution in [0.3, 0.4) is 0 Å². The van der Waals surface area contributed by atoms with Crippen LogP contribution in [0.1, 0.15) is 44.9 Å². The second-order valence-corrected chi connectivity index (χ2v) is 7.61. The van der Waals surface area contributed by atoms with E-state index in [1.54, 1.807) is 4.57 Å². The molecule has 2 aromatic rings. The van der Waals surface area contributed by atoms with Crippen molar-refractivity contribution >= 4 is 39.7 Å². The summed E-state index contributed by atoms with van der Waals surface area (Å²) in [6, 6.07) is 1.88. The third-order valence-electron chi connectivity index (χ3n) is 4.57. The molecule has 1 amide bonds. The molecule has 0 radical (unpaired) electrons. The smallest absolute Gasteiger partial charge is 0.272 e. The second kappa shape index (κ2) is 8.07. The predicted octanol–water partition coefficient (Wildman–Crippen LogP) is 3.69. The van der Waals surface area contributed by atoms with E-state index in [-0.39, 0.29) is 11.5 Å². The van der Waals surface area contributed by atoms with Gasteiger partial charge in [-0.3, -0.25) is 14.2 Å². The monoisotopic (exact) mass is 365 g/mol. The van der Waals surface area contributed by atoms with Crippen molar-refractivity contribution in [1.82, 2.24) is 14.5 Å². The Balaban J connectivity index is 1.47. The van der Waals surface area contributed by atoms with E-state index in [1.807, 2.05) is 16.3 Å². The van der Waals surface area contributed by atoms with Crippen molar-refractivity contribution in [2.24, 2.45) is 0 Å². The second-order valence-electron chi connectivity index (χ2n) is 6.30. The number of likely N-dealkylation sites (tertiary alicyclic amines) is 1. The zero-order valence-corrected chi connectivity index (χ0v) is 15.4. The van der Waals surface area contributed by atoms with Gasteiger partial charge in [-0.2, -0.15) is 0 Å². The highest BCUT2D eigenvalue weighted by Crippen LogP contribution is 2.15. The number of amides is 1. The summed E-state index contributed by atoms with van der Waals surface area (Å²) < 4.78 is 2.85. The molecule has 0 spiro atoms. The van der Waals surface area contributed by atoms with Crippen LogP contribution in [0.5, 0.6) is 0 Å². The molecule has 3 rings (SSSR count). The molecule has 1 N–H and O–H groups in total. The Morgan fingerprint density at radius 1 is 1.21 bits per heavy atom. The summed E-state index contributed by atoms with van der Waals surface area (Å²) in [6.45, 7) is 2.45. The maximum Gasteiger partial charge on any atom is 0.272 e. The normalized spacial score (nSPS) is 15.1. The van der Waals surface area contributed by atoms with Crippen LogP contribution in [-0.2, 0) is 11.3 Å². The number of nitrogens with one attached hydrogen (secondary N) is 1. The van der Waals surface area contributed by atoms with E-state index in [0.29, 0.717) is 17.7 Å². The molecule has 0 unspecified atom stereocenters. The molecule has 1 aliphatic rings. The summed E-state index contributed by atoms with van der Waals surface area (Å²) in [4.78, 5) is 29.6. The van der Waals surface area contributed by atoms with Crippen LogP contribution in [0.25, 0.3) is 10.2 Å². The van der Waals surface area contributed by atoms with Crippen molar-refractivity contribution in [1.29, 1.82) is 0 Å². The Kier molecular flexibility index (Phi) is 5.84. The maximum absolute atomic E-state index is 12.4. The molecule has 0 aliphatic carbocycles. The maximum atomic E-state index is 12.4. The Morgan fingerprint density at radius 2 is 2.00 bits per heavy atom. The van der Waals surface area contributed by atoms with Crippen molar-refractivity contribution in [2.45, 2.75) is 51.5 Å². The zero-order valence-electron chi connectivity index (χ0n) is 13.8. The third-order valence-corrected chi connectivity index (χ3v) is 5.80. The molecule has 2 aromatic heterocycles. The molecular formula is C17H23N3O2S2. The number of thiophene rings is 1. The first-order valence-electron chi connectivity index (χ1n) is 8.65. The molecule has 3 heterocycles. The van der Waals surface area contributed by atoms with Gasteiger partial charge in [0.05, 0.1) is 5.52 Å². The summed E-state index contributed by atoms with van der Waals surface area (Å²) in [5.74, 6) is 0.282. The number of aromatic amines is 1. The molecule has 7 heteroatoms. The number of piperidine rings is 1. The number of hydrogen-bond acceptors (Lipinski definition) is 4. The minimum absolute atomic E-state index is 0.00635. The van der Waals surface area contributed by atoms with Gasteiger partial charge >= 0.3 is 0 Å². The van der Waals surface area contributed by atoms with Crippen LogP contribution >= 0.6 is 23.6 Å². The van der Waals surface area contributed by atoms with Gasteiger partial charge in [-0.1, -0.05) is 6.42 Å². The number of H-pyrrole nitrogens is 1. The molecule has 1 saturated heterocycles. The van der Waals surface area contributed by atoms with Crippen molar-refractivity contribution in [3.05, 3.63) is 26.6 Å². The van der Waals surface area contributed by atoms with Crippen LogP contribution in [0, 0.1) is 4.77 Å². The molecule has 0 saturated carbocycles. The molecule has 5 nitrogen and oxygen atoms in total. The van der Waals surface area contributed by atoms with E-state index in [0.717, 1.165) is 55.4 Å². The Hall–Kier alpha value is -1.47. The van der Waals surface area contributed by atoms with E-state index >= 15 is 0 Å². The van der Waals surface area contributed by atoms with Gasteiger partial charge in [0, 0.05) is 26.1 Å². The van der Waals surface area contributed by atoms with Crippen LogP contribution in [0.2, 0.25) is 0 Å². The van der Waals surface area contributed by atoms with Gasteiger partial charge in [0.2, 0.25) is 5.91 Å². The van der Waals surface area contributed by atoms with Crippen molar-refractivity contribution < 1.29 is 4.79 Å². The standard InChI is InChI=1S/C17H23N3O2S2/c21-14(19-9-4-2-5-10-19)7-3-1-6-11-20-16(22)15-13(8-12-24-15)18-17(20)23/h8,12H,1-7,9-11H2,(H,18,23). The number of carbonyl (C=O) groups is 1. The van der Waals surface area contributed by atoms with Crippen LogP contribution in [0.15, 0.2) is 16.2 Å². The molecule has 0 bridgehead atoms. The van der Waals surface area contributed by atoms with Gasteiger partial charge in [-0.25, -0.2) is 0 Å². The fourth-order valence-electron chi connectivity index (χ4n) is 3.20. The highest BCUT2D eigenvalue weighted by Gasteiger charge is 2.15. The summed E-state index contributed by atoms with van der Waals surface area (Å²) in [5, 5.41) is 1.90. The Labute approximate surface area is 150 Å². The van der Waals surface area contributed by atoms with E-state index < -0.39 is 0 Å². The first kappa shape index (κ1) is 17.4.